The maximum absolute atomic E-state index is 11.8. The Balaban J connectivity index is 1.62. The smallest absolute Gasteiger partial charge is 0.150 e. The summed E-state index contributed by atoms with van der Waals surface area (Å²) in [6.07, 6.45) is 3.01. The fraction of sp³-hybridized carbons (Fsp3) is 0.348. The van der Waals surface area contributed by atoms with Crippen LogP contribution in [-0.2, 0) is 9.84 Å². The minimum Gasteiger partial charge on any atom is -0.384 e. The van der Waals surface area contributed by atoms with Crippen LogP contribution in [0.5, 0.6) is 0 Å². The summed E-state index contributed by atoms with van der Waals surface area (Å²) in [4.78, 5) is 4.58. The van der Waals surface area contributed by atoms with Crippen LogP contribution in [-0.4, -0.2) is 43.0 Å². The third-order valence-corrected chi connectivity index (χ3v) is 8.03. The first-order chi connectivity index (χ1) is 14.8. The first-order valence-electron chi connectivity index (χ1n) is 10.5. The van der Waals surface area contributed by atoms with Gasteiger partial charge in [0.2, 0.25) is 0 Å². The van der Waals surface area contributed by atoms with E-state index >= 15 is 0 Å². The van der Waals surface area contributed by atoms with Gasteiger partial charge in [0.1, 0.15) is 15.7 Å². The summed E-state index contributed by atoms with van der Waals surface area (Å²) in [5.74, 6) is 0.974. The van der Waals surface area contributed by atoms with Crippen molar-refractivity contribution in [3.8, 4) is 0 Å². The van der Waals surface area contributed by atoms with Crippen molar-refractivity contribution in [1.29, 1.82) is 0 Å². The lowest BCUT2D eigenvalue weighted by Gasteiger charge is -2.29. The predicted octanol–water partition coefficient (Wildman–Crippen LogP) is 2.30. The van der Waals surface area contributed by atoms with Crippen LogP contribution in [0.1, 0.15) is 25.3 Å². The molecule has 2 aliphatic heterocycles. The highest BCUT2D eigenvalue weighted by atomic mass is 32.2. The maximum Gasteiger partial charge on any atom is 0.150 e. The number of sulfone groups is 1. The van der Waals surface area contributed by atoms with Gasteiger partial charge in [-0.3, -0.25) is 9.99 Å². The van der Waals surface area contributed by atoms with Crippen LogP contribution in [0.3, 0.4) is 0 Å². The number of pyridine rings is 1. The van der Waals surface area contributed by atoms with E-state index in [1.165, 1.54) is 0 Å². The Kier molecular flexibility index (Phi) is 5.88. The van der Waals surface area contributed by atoms with Gasteiger partial charge >= 0.3 is 0 Å². The first-order valence-corrected chi connectivity index (χ1v) is 12.3. The van der Waals surface area contributed by atoms with Gasteiger partial charge in [-0.15, -0.1) is 0 Å². The van der Waals surface area contributed by atoms with Crippen LogP contribution in [0.2, 0.25) is 0 Å². The Morgan fingerprint density at radius 2 is 2.00 bits per heavy atom. The van der Waals surface area contributed by atoms with Gasteiger partial charge in [0.25, 0.3) is 0 Å². The number of rotatable bonds is 5. The molecule has 7 nitrogen and oxygen atoms in total. The van der Waals surface area contributed by atoms with Crippen LogP contribution < -0.4 is 16.9 Å². The highest BCUT2D eigenvalue weighted by molar-refractivity contribution is 7.91. The van der Waals surface area contributed by atoms with E-state index in [2.05, 4.69) is 29.1 Å². The van der Waals surface area contributed by atoms with Gasteiger partial charge in [-0.1, -0.05) is 24.8 Å². The van der Waals surface area contributed by atoms with Crippen LogP contribution in [0.25, 0.3) is 16.5 Å². The van der Waals surface area contributed by atoms with Crippen molar-refractivity contribution in [3.63, 3.8) is 0 Å². The van der Waals surface area contributed by atoms with E-state index in [1.54, 1.807) is 0 Å². The molecule has 1 fully saturated rings. The lowest BCUT2D eigenvalue weighted by Crippen LogP contribution is -2.37. The Morgan fingerprint density at radius 1 is 1.29 bits per heavy atom. The van der Waals surface area contributed by atoms with Crippen molar-refractivity contribution in [2.24, 2.45) is 17.4 Å². The van der Waals surface area contributed by atoms with Crippen LogP contribution >= 0.6 is 0 Å². The number of nitrogens with one attached hydrogen (secondary N) is 1. The van der Waals surface area contributed by atoms with Crippen molar-refractivity contribution in [3.05, 3.63) is 71.3 Å². The molecule has 0 bridgehead atoms. The molecule has 31 heavy (non-hydrogen) atoms. The summed E-state index contributed by atoms with van der Waals surface area (Å²) in [6, 6.07) is 10.2. The van der Waals surface area contributed by atoms with Gasteiger partial charge in [0.05, 0.1) is 17.0 Å². The van der Waals surface area contributed by atoms with Crippen LogP contribution in [0.15, 0.2) is 65.8 Å². The number of allylic oxidation sites excluding steroid dienone is 1. The van der Waals surface area contributed by atoms with Gasteiger partial charge in [-0.25, -0.2) is 13.8 Å². The molecular formula is C23H29N5O2S. The molecule has 0 atom stereocenters. The molecule has 5 N–H and O–H groups in total. The molecule has 2 aromatic rings. The van der Waals surface area contributed by atoms with E-state index in [4.69, 9.17) is 11.5 Å². The van der Waals surface area contributed by atoms with E-state index in [0.29, 0.717) is 25.2 Å². The lowest BCUT2D eigenvalue weighted by molar-refractivity contribution is 0.346. The second-order valence-corrected chi connectivity index (χ2v) is 10.5. The van der Waals surface area contributed by atoms with E-state index in [9.17, 15) is 8.42 Å². The summed E-state index contributed by atoms with van der Waals surface area (Å²) in [5, 5.41) is 2.95. The summed E-state index contributed by atoms with van der Waals surface area (Å²) in [7, 11) is -2.94. The van der Waals surface area contributed by atoms with Crippen molar-refractivity contribution < 1.29 is 8.42 Å². The SMILES string of the molecule is C=C(/C(CN)=C(/N)N1NCC(c2cnc3ccccc3c2)=C1C)C1CCS(=O)(=O)CC1. The Hall–Kier alpha value is -2.68. The standard InChI is InChI=1S/C23H29N5O2S/c1-15(17-7-9-31(29,30)10-8-17)20(12-24)23(25)28-16(2)21(14-27-28)19-11-18-5-3-4-6-22(18)26-13-19/h3-6,11,13,17,27H,1,7-10,12,14,24-25H2,2H3/b23-20-. The topological polar surface area (TPSA) is 114 Å². The number of hydrazine groups is 1. The lowest BCUT2D eigenvalue weighted by atomic mass is 9.89. The normalized spacial score (nSPS) is 20.3. The molecule has 164 valence electrons. The quantitative estimate of drug-likeness (QED) is 0.613. The minimum absolute atomic E-state index is 0.0803. The van der Waals surface area contributed by atoms with Crippen molar-refractivity contribution >= 4 is 26.3 Å². The molecule has 2 aliphatic rings. The number of aromatic nitrogens is 1. The molecule has 0 saturated carbocycles. The zero-order valence-corrected chi connectivity index (χ0v) is 18.6. The minimum atomic E-state index is -2.94. The summed E-state index contributed by atoms with van der Waals surface area (Å²) >= 11 is 0. The molecule has 1 aromatic heterocycles. The molecule has 8 heteroatoms. The van der Waals surface area contributed by atoms with E-state index < -0.39 is 9.84 Å². The number of hydrogen-bond acceptors (Lipinski definition) is 7. The van der Waals surface area contributed by atoms with Gasteiger partial charge in [0, 0.05) is 35.9 Å². The molecule has 0 aliphatic carbocycles. The third-order valence-electron chi connectivity index (χ3n) is 6.31. The average Bonchev–Trinajstić information content (AvgIpc) is 3.15. The number of hydrogen-bond donors (Lipinski definition) is 3. The molecule has 1 aromatic carbocycles. The van der Waals surface area contributed by atoms with E-state index in [1.807, 2.05) is 36.3 Å². The second kappa shape index (κ2) is 8.45. The number of benzene rings is 1. The molecule has 0 unspecified atom stereocenters. The highest BCUT2D eigenvalue weighted by Gasteiger charge is 2.29. The van der Waals surface area contributed by atoms with Crippen molar-refractivity contribution in [2.75, 3.05) is 24.6 Å². The molecule has 4 rings (SSSR count). The molecule has 1 saturated heterocycles. The molecule has 0 radical (unpaired) electrons. The highest BCUT2D eigenvalue weighted by Crippen LogP contribution is 2.33. The number of fused-ring (bicyclic) bond motifs is 1. The fourth-order valence-electron chi connectivity index (χ4n) is 4.37. The summed E-state index contributed by atoms with van der Waals surface area (Å²) in [6.45, 7) is 7.11. The summed E-state index contributed by atoms with van der Waals surface area (Å²) < 4.78 is 23.6. The fourth-order valence-corrected chi connectivity index (χ4v) is 5.86. The number of nitrogens with zero attached hydrogens (tertiary/aromatic N) is 2. The van der Waals surface area contributed by atoms with Crippen molar-refractivity contribution in [1.82, 2.24) is 15.4 Å². The monoisotopic (exact) mass is 439 g/mol. The second-order valence-electron chi connectivity index (χ2n) is 8.17. The third kappa shape index (κ3) is 4.23. The largest absolute Gasteiger partial charge is 0.384 e. The van der Waals surface area contributed by atoms with Crippen LogP contribution in [0.4, 0.5) is 0 Å². The first kappa shape index (κ1) is 21.5. The van der Waals surface area contributed by atoms with E-state index in [0.717, 1.165) is 38.9 Å². The summed E-state index contributed by atoms with van der Waals surface area (Å²) in [5.41, 5.74) is 21.7. The van der Waals surface area contributed by atoms with Gasteiger partial charge < -0.3 is 11.5 Å². The van der Waals surface area contributed by atoms with Gasteiger partial charge in [-0.2, -0.15) is 0 Å². The van der Waals surface area contributed by atoms with Crippen molar-refractivity contribution in [2.45, 2.75) is 19.8 Å². The predicted molar refractivity (Wildman–Crippen MR) is 125 cm³/mol. The van der Waals surface area contributed by atoms with Crippen LogP contribution in [0, 0.1) is 5.92 Å². The Labute approximate surface area is 183 Å². The molecular weight excluding hydrogens is 410 g/mol. The molecule has 0 spiro atoms. The number of nitrogens with two attached hydrogens (primary N) is 2. The zero-order valence-electron chi connectivity index (χ0n) is 17.8. The maximum atomic E-state index is 11.8. The zero-order chi connectivity index (χ0) is 22.2. The molecule has 0 amide bonds. The number of para-hydroxylation sites is 1. The van der Waals surface area contributed by atoms with Gasteiger partial charge in [-0.05, 0) is 54.5 Å². The Bertz CT molecular complexity index is 1190. The van der Waals surface area contributed by atoms with Gasteiger partial charge in [0.15, 0.2) is 0 Å². The van der Waals surface area contributed by atoms with E-state index in [-0.39, 0.29) is 24.0 Å². The average molecular weight is 440 g/mol. The molecule has 3 heterocycles. The Morgan fingerprint density at radius 3 is 2.71 bits per heavy atom.